The lowest BCUT2D eigenvalue weighted by Gasteiger charge is -2.71. The van der Waals surface area contributed by atoms with Gasteiger partial charge in [-0.3, -0.25) is 4.79 Å². The number of aliphatic carboxylic acids is 1. The number of carboxylic acid groups (broad SMARTS) is 1. The number of halogens is 1. The molecule has 1 aromatic heterocycles. The Morgan fingerprint density at radius 3 is 2.45 bits per heavy atom. The van der Waals surface area contributed by atoms with Crippen LogP contribution in [0, 0.1) is 62.6 Å². The largest absolute Gasteiger partial charge is 0.481 e. The molecule has 0 amide bonds. The number of carboxylic acids is 1. The summed E-state index contributed by atoms with van der Waals surface area (Å²) >= 11 is 6.75. The Balaban J connectivity index is 1.45. The van der Waals surface area contributed by atoms with E-state index < -0.39 is 17.4 Å². The van der Waals surface area contributed by atoms with Crippen molar-refractivity contribution in [2.45, 2.75) is 125 Å². The number of aromatic nitrogens is 3. The highest BCUT2D eigenvalue weighted by molar-refractivity contribution is 6.28. The van der Waals surface area contributed by atoms with E-state index in [4.69, 9.17) is 26.8 Å². The van der Waals surface area contributed by atoms with Gasteiger partial charge in [-0.2, -0.15) is 5.10 Å². The maximum absolute atomic E-state index is 13.4. The second-order valence-electron chi connectivity index (χ2n) is 18.5. The average Bonchev–Trinajstić information content (AvgIpc) is 3.41. The molecular formula is C38H61ClN4O4. The molecule has 1 unspecified atom stereocenters. The first-order valence-electron chi connectivity index (χ1n) is 18.3. The Bertz CT molecular complexity index is 1410. The SMILES string of the molecule is CC(C)[C@@H](C)[C@@]1(C)CC[C@]2(C)[C@H]3CC[C@@H]4C5(COC[C@]4(C)[C@@H](OC[C@](C)(N)C(C)C)[C@H](n4ncnc4Cl)C5)C3=CC[C@@]2(C)[C@@H]1C(=O)O. The molecule has 0 radical (unpaired) electrons. The zero-order valence-electron chi connectivity index (χ0n) is 30.6. The lowest BCUT2D eigenvalue weighted by molar-refractivity contribution is -0.252. The Morgan fingerprint density at radius 2 is 1.85 bits per heavy atom. The van der Waals surface area contributed by atoms with Crippen molar-refractivity contribution >= 4 is 17.6 Å². The van der Waals surface area contributed by atoms with E-state index in [9.17, 15) is 9.90 Å². The Hall–Kier alpha value is -1.48. The van der Waals surface area contributed by atoms with Crippen LogP contribution in [0.3, 0.4) is 0 Å². The first kappa shape index (κ1) is 35.3. The number of hydrogen-bond acceptors (Lipinski definition) is 6. The van der Waals surface area contributed by atoms with E-state index in [-0.39, 0.29) is 45.1 Å². The van der Waals surface area contributed by atoms with Crippen molar-refractivity contribution in [2.75, 3.05) is 19.8 Å². The number of rotatable bonds is 8. The van der Waals surface area contributed by atoms with E-state index in [1.807, 2.05) is 4.68 Å². The molecule has 2 bridgehead atoms. The van der Waals surface area contributed by atoms with E-state index in [1.54, 1.807) is 0 Å². The highest BCUT2D eigenvalue weighted by atomic mass is 35.5. The minimum atomic E-state index is -0.627. The van der Waals surface area contributed by atoms with Crippen LogP contribution >= 0.6 is 11.6 Å². The van der Waals surface area contributed by atoms with Crippen molar-refractivity contribution in [1.29, 1.82) is 0 Å². The summed E-state index contributed by atoms with van der Waals surface area (Å²) in [6, 6.07) is -0.132. The standard InChI is InChI=1S/C38H61ClN4O4/c1-22(2)24(5)33(6)15-16-35(8)25-11-12-28-34(7)18-46-20-38(28,26(25)13-14-36(35,9)29(33)31(44)45)17-27(43-32(39)41-21-42-43)30(34)47-19-37(10,40)23(3)4/h13,21-25,27-30H,11-12,14-20,40H2,1-10H3,(H,44,45)/t24-,25+,27-,28+,29-,30+,33-,34+,35-,36+,37+,38?/m1/s1. The van der Waals surface area contributed by atoms with E-state index in [1.165, 1.54) is 11.9 Å². The van der Waals surface area contributed by atoms with Crippen LogP contribution in [0.15, 0.2) is 18.0 Å². The predicted octanol–water partition coefficient (Wildman–Crippen LogP) is 7.82. The smallest absolute Gasteiger partial charge is 0.307 e. The van der Waals surface area contributed by atoms with Gasteiger partial charge in [-0.15, -0.1) is 0 Å². The van der Waals surface area contributed by atoms with Crippen LogP contribution in [-0.4, -0.2) is 57.3 Å². The number of hydrogen-bond donors (Lipinski definition) is 2. The first-order chi connectivity index (χ1) is 21.8. The molecule has 12 atom stereocenters. The van der Waals surface area contributed by atoms with E-state index in [2.05, 4.69) is 85.4 Å². The number of ether oxygens (including phenoxy) is 2. The van der Waals surface area contributed by atoms with Crippen molar-refractivity contribution in [3.63, 3.8) is 0 Å². The lowest BCUT2D eigenvalue weighted by Crippen LogP contribution is -2.69. The highest BCUT2D eigenvalue weighted by Crippen LogP contribution is 2.75. The van der Waals surface area contributed by atoms with Crippen LogP contribution in [-0.2, 0) is 14.3 Å². The van der Waals surface area contributed by atoms with E-state index >= 15 is 0 Å². The predicted molar refractivity (Wildman–Crippen MR) is 185 cm³/mol. The summed E-state index contributed by atoms with van der Waals surface area (Å²) in [6.07, 6.45) is 9.49. The molecule has 1 saturated heterocycles. The minimum Gasteiger partial charge on any atom is -0.481 e. The summed E-state index contributed by atoms with van der Waals surface area (Å²) in [7, 11) is 0. The fourth-order valence-corrected chi connectivity index (χ4v) is 12.2. The van der Waals surface area contributed by atoms with Crippen molar-refractivity contribution in [2.24, 2.45) is 68.3 Å². The Labute approximate surface area is 288 Å². The minimum absolute atomic E-state index is 0.132. The average molecular weight is 673 g/mol. The van der Waals surface area contributed by atoms with Gasteiger partial charge in [0.15, 0.2) is 0 Å². The van der Waals surface area contributed by atoms with Gasteiger partial charge in [0.2, 0.25) is 5.28 Å². The molecule has 9 heteroatoms. The second-order valence-corrected chi connectivity index (χ2v) is 18.8. The molecule has 1 aliphatic heterocycles. The summed E-state index contributed by atoms with van der Waals surface area (Å²) in [5, 5.41) is 16.1. The van der Waals surface area contributed by atoms with Crippen molar-refractivity contribution < 1.29 is 19.4 Å². The van der Waals surface area contributed by atoms with Gasteiger partial charge in [0.1, 0.15) is 6.33 Å². The summed E-state index contributed by atoms with van der Waals surface area (Å²) in [5.74, 6) is 0.597. The molecule has 47 heavy (non-hydrogen) atoms. The second kappa shape index (κ2) is 11.5. The number of nitrogens with two attached hydrogens (primary N) is 1. The molecule has 0 spiro atoms. The van der Waals surface area contributed by atoms with Crippen LogP contribution in [0.2, 0.25) is 5.28 Å². The van der Waals surface area contributed by atoms with Crippen LogP contribution < -0.4 is 5.73 Å². The number of nitrogens with zero attached hydrogens (tertiary/aromatic N) is 3. The fraction of sp³-hybridized carbons (Fsp3) is 0.868. The quantitative estimate of drug-likeness (QED) is 0.271. The monoisotopic (exact) mass is 672 g/mol. The third-order valence-electron chi connectivity index (χ3n) is 15.8. The van der Waals surface area contributed by atoms with E-state index in [0.717, 1.165) is 38.5 Å². The molecule has 3 saturated carbocycles. The highest BCUT2D eigenvalue weighted by Gasteiger charge is 2.72. The summed E-state index contributed by atoms with van der Waals surface area (Å²) in [6.45, 7) is 24.2. The Kier molecular flexibility index (Phi) is 8.67. The molecule has 8 nitrogen and oxygen atoms in total. The molecular weight excluding hydrogens is 612 g/mol. The number of fused-ring (bicyclic) bond motifs is 3. The summed E-state index contributed by atoms with van der Waals surface area (Å²) in [4.78, 5) is 17.8. The van der Waals surface area contributed by atoms with Crippen molar-refractivity contribution in [1.82, 2.24) is 14.8 Å². The first-order valence-corrected chi connectivity index (χ1v) is 18.6. The fourth-order valence-electron chi connectivity index (χ4n) is 12.0. The molecule has 4 fully saturated rings. The van der Waals surface area contributed by atoms with Crippen molar-refractivity contribution in [3.8, 4) is 0 Å². The zero-order chi connectivity index (χ0) is 34.5. The molecule has 2 heterocycles. The molecule has 4 aliphatic carbocycles. The van der Waals surface area contributed by atoms with Gasteiger partial charge in [-0.25, -0.2) is 9.67 Å². The topological polar surface area (TPSA) is 112 Å². The van der Waals surface area contributed by atoms with Crippen LogP contribution in [0.25, 0.3) is 0 Å². The molecule has 0 aromatic carbocycles. The number of allylic oxidation sites excluding steroid dienone is 1. The van der Waals surface area contributed by atoms with Gasteiger partial charge in [0, 0.05) is 16.4 Å². The summed E-state index contributed by atoms with van der Waals surface area (Å²) in [5.41, 5.74) is 6.51. The number of carbonyl (C=O) groups is 1. The lowest BCUT2D eigenvalue weighted by atomic mass is 9.34. The van der Waals surface area contributed by atoms with Gasteiger partial charge in [-0.1, -0.05) is 74.0 Å². The van der Waals surface area contributed by atoms with Crippen LogP contribution in [0.4, 0.5) is 0 Å². The van der Waals surface area contributed by atoms with E-state index in [0.29, 0.717) is 48.8 Å². The van der Waals surface area contributed by atoms with Crippen LogP contribution in [0.1, 0.15) is 114 Å². The van der Waals surface area contributed by atoms with Crippen LogP contribution in [0.5, 0.6) is 0 Å². The summed E-state index contributed by atoms with van der Waals surface area (Å²) < 4.78 is 15.5. The normalized spacial score (nSPS) is 45.0. The molecule has 264 valence electrons. The van der Waals surface area contributed by atoms with Gasteiger partial charge in [0.05, 0.1) is 37.9 Å². The molecule has 6 rings (SSSR count). The molecule has 5 aliphatic rings. The molecule has 3 N–H and O–H groups in total. The molecule has 1 aromatic rings. The van der Waals surface area contributed by atoms with Gasteiger partial charge in [0.25, 0.3) is 0 Å². The van der Waals surface area contributed by atoms with Gasteiger partial charge in [-0.05, 0) is 103 Å². The van der Waals surface area contributed by atoms with Gasteiger partial charge < -0.3 is 20.3 Å². The maximum Gasteiger partial charge on any atom is 0.307 e. The maximum atomic E-state index is 13.4. The third kappa shape index (κ3) is 4.87. The Morgan fingerprint density at radius 1 is 1.15 bits per heavy atom. The zero-order valence-corrected chi connectivity index (χ0v) is 31.4. The van der Waals surface area contributed by atoms with Gasteiger partial charge >= 0.3 is 5.97 Å². The van der Waals surface area contributed by atoms with Crippen molar-refractivity contribution in [3.05, 3.63) is 23.3 Å². The third-order valence-corrected chi connectivity index (χ3v) is 16.1.